The van der Waals surface area contributed by atoms with Gasteiger partial charge >= 0.3 is 6.18 Å². The molecule has 0 radical (unpaired) electrons. The number of rotatable bonds is 7. The van der Waals surface area contributed by atoms with Crippen LogP contribution in [0, 0.1) is 0 Å². The van der Waals surface area contributed by atoms with E-state index in [4.69, 9.17) is 4.42 Å². The Bertz CT molecular complexity index is 1090. The number of carbonyl (C=O) groups is 1. The number of hydrogen-bond donors (Lipinski definition) is 2. The first-order valence-electron chi connectivity index (χ1n) is 9.55. The second kappa shape index (κ2) is 9.22. The van der Waals surface area contributed by atoms with Crippen molar-refractivity contribution in [2.75, 3.05) is 7.05 Å². The normalized spacial score (nSPS) is 12.7. The quantitative estimate of drug-likeness (QED) is 0.588. The molecule has 0 aliphatic rings. The predicted octanol–water partition coefficient (Wildman–Crippen LogP) is 4.11. The Labute approximate surface area is 176 Å². The molecular formula is C22H22F3N3O3. The molecule has 3 rings (SSSR count). The third-order valence-electron chi connectivity index (χ3n) is 4.96. The zero-order chi connectivity index (χ0) is 22.6. The molecular weight excluding hydrogens is 411 g/mol. The van der Waals surface area contributed by atoms with Crippen LogP contribution in [0.25, 0.3) is 0 Å². The number of halogens is 3. The van der Waals surface area contributed by atoms with Gasteiger partial charge in [-0.3, -0.25) is 14.5 Å². The van der Waals surface area contributed by atoms with Gasteiger partial charge in [-0.1, -0.05) is 12.1 Å². The average molecular weight is 433 g/mol. The second-order valence-corrected chi connectivity index (χ2v) is 7.21. The summed E-state index contributed by atoms with van der Waals surface area (Å²) in [6.45, 7) is 2.25. The Balaban J connectivity index is 1.63. The fraction of sp³-hybridized carbons (Fsp3) is 0.273. The van der Waals surface area contributed by atoms with Crippen molar-refractivity contribution < 1.29 is 22.4 Å². The van der Waals surface area contributed by atoms with Crippen LogP contribution in [0.5, 0.6) is 0 Å². The molecule has 9 heteroatoms. The van der Waals surface area contributed by atoms with Crippen molar-refractivity contribution in [3.8, 4) is 0 Å². The van der Waals surface area contributed by atoms with E-state index in [0.717, 1.165) is 17.9 Å². The van der Waals surface area contributed by atoms with Crippen LogP contribution in [-0.4, -0.2) is 22.8 Å². The van der Waals surface area contributed by atoms with Crippen LogP contribution in [0.15, 0.2) is 64.0 Å². The molecule has 0 spiro atoms. The first-order valence-corrected chi connectivity index (χ1v) is 9.55. The number of pyridine rings is 1. The molecule has 0 saturated heterocycles. The van der Waals surface area contributed by atoms with Crippen molar-refractivity contribution in [3.63, 3.8) is 0 Å². The van der Waals surface area contributed by atoms with Crippen LogP contribution in [0.2, 0.25) is 0 Å². The lowest BCUT2D eigenvalue weighted by molar-refractivity contribution is -0.137. The molecule has 1 amide bonds. The van der Waals surface area contributed by atoms with E-state index in [0.29, 0.717) is 12.2 Å². The monoisotopic (exact) mass is 433 g/mol. The number of hydrogen-bond acceptors (Lipinski definition) is 4. The van der Waals surface area contributed by atoms with Gasteiger partial charge in [0.1, 0.15) is 11.3 Å². The van der Waals surface area contributed by atoms with Crippen molar-refractivity contribution in [3.05, 3.63) is 93.3 Å². The van der Waals surface area contributed by atoms with Gasteiger partial charge in [0.05, 0.1) is 17.9 Å². The van der Waals surface area contributed by atoms with Gasteiger partial charge in [-0.05, 0) is 55.9 Å². The van der Waals surface area contributed by atoms with Crippen molar-refractivity contribution in [1.29, 1.82) is 0 Å². The van der Waals surface area contributed by atoms with Gasteiger partial charge < -0.3 is 14.7 Å². The van der Waals surface area contributed by atoms with Crippen LogP contribution in [0.3, 0.4) is 0 Å². The van der Waals surface area contributed by atoms with Gasteiger partial charge in [-0.2, -0.15) is 13.2 Å². The Kier molecular flexibility index (Phi) is 6.65. The van der Waals surface area contributed by atoms with E-state index in [1.54, 1.807) is 18.4 Å². The zero-order valence-electron chi connectivity index (χ0n) is 17.0. The predicted molar refractivity (Wildman–Crippen MR) is 108 cm³/mol. The number of nitrogens with zero attached hydrogens (tertiary/aromatic N) is 1. The number of aromatic nitrogens is 1. The summed E-state index contributed by atoms with van der Waals surface area (Å²) in [5.41, 5.74) is -0.588. The number of alkyl halides is 3. The highest BCUT2D eigenvalue weighted by molar-refractivity contribution is 5.93. The standard InChI is InChI=1S/C22H22F3N3O3/c1-14(19-7-4-10-31-19)28(2)13-17-8-9-18(21(30)27-17)20(29)26-12-15-5-3-6-16(11-15)22(23,24)25/h3-11,14H,12-13H2,1-2H3,(H,26,29)(H,27,30). The molecule has 2 heterocycles. The molecule has 2 aromatic heterocycles. The summed E-state index contributed by atoms with van der Waals surface area (Å²) >= 11 is 0. The minimum absolute atomic E-state index is 0.0195. The molecule has 1 atom stereocenters. The van der Waals surface area contributed by atoms with Gasteiger partial charge in [-0.25, -0.2) is 0 Å². The minimum Gasteiger partial charge on any atom is -0.468 e. The summed E-state index contributed by atoms with van der Waals surface area (Å²) in [5.74, 6) is 0.123. The average Bonchev–Trinajstić information content (AvgIpc) is 3.26. The fourth-order valence-corrected chi connectivity index (χ4v) is 3.07. The third-order valence-corrected chi connectivity index (χ3v) is 4.96. The first kappa shape index (κ1) is 22.4. The van der Waals surface area contributed by atoms with Crippen molar-refractivity contribution in [2.24, 2.45) is 0 Å². The molecule has 0 aliphatic heterocycles. The van der Waals surface area contributed by atoms with Crippen LogP contribution in [0.4, 0.5) is 13.2 Å². The highest BCUT2D eigenvalue weighted by Gasteiger charge is 2.30. The van der Waals surface area contributed by atoms with Crippen LogP contribution in [0.1, 0.15) is 45.9 Å². The number of benzene rings is 1. The topological polar surface area (TPSA) is 78.3 Å². The first-order chi connectivity index (χ1) is 14.6. The van der Waals surface area contributed by atoms with Crippen LogP contribution < -0.4 is 10.9 Å². The highest BCUT2D eigenvalue weighted by Crippen LogP contribution is 2.29. The number of nitrogens with one attached hydrogen (secondary N) is 2. The number of amides is 1. The summed E-state index contributed by atoms with van der Waals surface area (Å²) in [5, 5.41) is 2.48. The maximum absolute atomic E-state index is 12.8. The molecule has 3 aromatic rings. The van der Waals surface area contributed by atoms with Crippen molar-refractivity contribution in [1.82, 2.24) is 15.2 Å². The molecule has 1 aromatic carbocycles. The smallest absolute Gasteiger partial charge is 0.416 e. The van der Waals surface area contributed by atoms with Crippen LogP contribution >= 0.6 is 0 Å². The SMILES string of the molecule is CC(c1ccco1)N(C)Cc1ccc(C(=O)NCc2cccc(C(F)(F)F)c2)c(=O)[nH]1. The van der Waals surface area contributed by atoms with E-state index in [1.165, 1.54) is 18.2 Å². The van der Waals surface area contributed by atoms with Gasteiger partial charge in [0.25, 0.3) is 11.5 Å². The summed E-state index contributed by atoms with van der Waals surface area (Å²) < 4.78 is 43.8. The number of H-pyrrole nitrogens is 1. The summed E-state index contributed by atoms with van der Waals surface area (Å²) in [6.07, 6.45) is -2.87. The molecule has 0 saturated carbocycles. The minimum atomic E-state index is -4.46. The molecule has 164 valence electrons. The van der Waals surface area contributed by atoms with Crippen molar-refractivity contribution in [2.45, 2.75) is 32.2 Å². The molecule has 31 heavy (non-hydrogen) atoms. The Morgan fingerprint density at radius 2 is 1.97 bits per heavy atom. The van der Waals surface area contributed by atoms with E-state index in [9.17, 15) is 22.8 Å². The van der Waals surface area contributed by atoms with E-state index in [-0.39, 0.29) is 23.7 Å². The second-order valence-electron chi connectivity index (χ2n) is 7.21. The molecule has 0 aliphatic carbocycles. The number of carbonyl (C=O) groups excluding carboxylic acids is 1. The Morgan fingerprint density at radius 1 is 1.19 bits per heavy atom. The van der Waals surface area contributed by atoms with E-state index >= 15 is 0 Å². The van der Waals surface area contributed by atoms with E-state index < -0.39 is 23.2 Å². The lowest BCUT2D eigenvalue weighted by Gasteiger charge is -2.22. The third kappa shape index (κ3) is 5.64. The zero-order valence-corrected chi connectivity index (χ0v) is 17.0. The van der Waals surface area contributed by atoms with E-state index in [1.807, 2.05) is 24.9 Å². The van der Waals surface area contributed by atoms with Gasteiger partial charge in [-0.15, -0.1) is 0 Å². The summed E-state index contributed by atoms with van der Waals surface area (Å²) in [6, 6.07) is 11.3. The summed E-state index contributed by atoms with van der Waals surface area (Å²) in [4.78, 5) is 29.3. The molecule has 1 unspecified atom stereocenters. The lowest BCUT2D eigenvalue weighted by Crippen LogP contribution is -2.30. The van der Waals surface area contributed by atoms with Crippen molar-refractivity contribution >= 4 is 5.91 Å². The highest BCUT2D eigenvalue weighted by atomic mass is 19.4. The maximum Gasteiger partial charge on any atom is 0.416 e. The number of furan rings is 1. The number of aromatic amines is 1. The molecule has 2 N–H and O–H groups in total. The molecule has 6 nitrogen and oxygen atoms in total. The lowest BCUT2D eigenvalue weighted by atomic mass is 10.1. The largest absolute Gasteiger partial charge is 0.468 e. The van der Waals surface area contributed by atoms with Gasteiger partial charge in [0.15, 0.2) is 0 Å². The van der Waals surface area contributed by atoms with E-state index in [2.05, 4.69) is 10.3 Å². The van der Waals surface area contributed by atoms with Gasteiger partial charge in [0, 0.05) is 18.8 Å². The molecule has 0 fully saturated rings. The van der Waals surface area contributed by atoms with Gasteiger partial charge in [0.2, 0.25) is 0 Å². The summed E-state index contributed by atoms with van der Waals surface area (Å²) in [7, 11) is 1.88. The van der Waals surface area contributed by atoms with Crippen LogP contribution in [-0.2, 0) is 19.3 Å². The Morgan fingerprint density at radius 3 is 2.61 bits per heavy atom. The maximum atomic E-state index is 12.8. The molecule has 0 bridgehead atoms. The fourth-order valence-electron chi connectivity index (χ4n) is 3.07. The Hall–Kier alpha value is -3.33.